The van der Waals surface area contributed by atoms with Gasteiger partial charge in [-0.05, 0) is 61.0 Å². The molecule has 43 heavy (non-hydrogen) atoms. The Balaban J connectivity index is 1.60. The summed E-state index contributed by atoms with van der Waals surface area (Å²) >= 11 is 6.31. The molecular formula is C28H20ClF5N6O3. The smallest absolute Gasteiger partial charge is 0.343 e. The maximum atomic E-state index is 14.3. The fraction of sp³-hybridized carbons (Fsp3) is 0.179. The van der Waals surface area contributed by atoms with Crippen LogP contribution in [0.1, 0.15) is 62.4 Å². The number of hydrogen-bond acceptors (Lipinski definition) is 5. The first-order valence-electron chi connectivity index (χ1n) is 12.6. The van der Waals surface area contributed by atoms with E-state index in [1.807, 2.05) is 0 Å². The zero-order chi connectivity index (χ0) is 31.1. The van der Waals surface area contributed by atoms with Gasteiger partial charge in [0.15, 0.2) is 5.82 Å². The van der Waals surface area contributed by atoms with E-state index in [0.29, 0.717) is 17.7 Å². The van der Waals surface area contributed by atoms with E-state index in [0.717, 1.165) is 12.1 Å². The molecule has 0 radical (unpaired) electrons. The predicted molar refractivity (Wildman–Crippen MR) is 143 cm³/mol. The third-order valence-corrected chi connectivity index (χ3v) is 6.98. The molecule has 9 nitrogen and oxygen atoms in total. The van der Waals surface area contributed by atoms with Crippen molar-refractivity contribution in [3.05, 3.63) is 111 Å². The predicted octanol–water partition coefficient (Wildman–Crippen LogP) is 5.19. The molecule has 0 fully saturated rings. The van der Waals surface area contributed by atoms with Crippen molar-refractivity contribution in [2.45, 2.75) is 31.7 Å². The Morgan fingerprint density at radius 1 is 1.05 bits per heavy atom. The molecule has 15 heteroatoms. The molecule has 4 aromatic rings. The summed E-state index contributed by atoms with van der Waals surface area (Å²) in [5.74, 6) is -5.28. The molecule has 2 aromatic carbocycles. The third kappa shape index (κ3) is 6.18. The Kier molecular flexibility index (Phi) is 7.88. The maximum Gasteiger partial charge on any atom is 0.416 e. The van der Waals surface area contributed by atoms with Crippen LogP contribution >= 0.6 is 11.6 Å². The highest BCUT2D eigenvalue weighted by Gasteiger charge is 2.37. The SMILES string of the molecule is CC(NC(=O)c1nc(NC(=O)c2cc(F)cc(C(F)(F)F)c2)c2n1CC(=O)N[C@H]2c1cc(F)ccc1Cl)c1ccncc1. The Labute approximate surface area is 245 Å². The standard InChI is InChI=1S/C28H20ClF5N6O3/c1-13(14-4-6-35-7-5-14)36-27(43)25-38-24(39-26(42)15-8-16(28(32,33)34)10-18(31)9-15)23-22(37-21(41)12-40(23)25)19-11-17(30)2-3-20(19)29/h2-11,13,22H,12H2,1H3,(H,36,43)(H,37,41)(H,39,42)/t13?,22-/m0/s1. The van der Waals surface area contributed by atoms with Crippen molar-refractivity contribution in [1.82, 2.24) is 25.2 Å². The number of carbonyl (C=O) groups excluding carboxylic acids is 3. The number of imidazole rings is 1. The summed E-state index contributed by atoms with van der Waals surface area (Å²) in [6.45, 7) is 1.23. The van der Waals surface area contributed by atoms with Crippen molar-refractivity contribution in [1.29, 1.82) is 0 Å². The third-order valence-electron chi connectivity index (χ3n) is 6.63. The van der Waals surface area contributed by atoms with Crippen LogP contribution in [0.25, 0.3) is 0 Å². The molecule has 1 aliphatic rings. The molecule has 222 valence electrons. The number of alkyl halides is 3. The molecule has 0 saturated heterocycles. The van der Waals surface area contributed by atoms with Gasteiger partial charge >= 0.3 is 6.18 Å². The summed E-state index contributed by atoms with van der Waals surface area (Å²) < 4.78 is 69.3. The lowest BCUT2D eigenvalue weighted by atomic mass is 10.0. The monoisotopic (exact) mass is 618 g/mol. The van der Waals surface area contributed by atoms with Crippen LogP contribution in [0, 0.1) is 11.6 Å². The minimum atomic E-state index is -4.94. The van der Waals surface area contributed by atoms with Crippen LogP contribution in [-0.4, -0.2) is 32.3 Å². The summed E-state index contributed by atoms with van der Waals surface area (Å²) in [6.07, 6.45) is -1.89. The van der Waals surface area contributed by atoms with Crippen LogP contribution < -0.4 is 16.0 Å². The van der Waals surface area contributed by atoms with Gasteiger partial charge in [-0.25, -0.2) is 13.8 Å². The number of nitrogens with one attached hydrogen (secondary N) is 3. The van der Waals surface area contributed by atoms with Crippen molar-refractivity contribution in [2.24, 2.45) is 0 Å². The summed E-state index contributed by atoms with van der Waals surface area (Å²) in [5.41, 5.74) is -1.36. The van der Waals surface area contributed by atoms with E-state index in [-0.39, 0.29) is 34.0 Å². The Morgan fingerprint density at radius 3 is 2.47 bits per heavy atom. The van der Waals surface area contributed by atoms with Crippen LogP contribution in [0.2, 0.25) is 5.02 Å². The number of pyridine rings is 1. The van der Waals surface area contributed by atoms with E-state index in [9.17, 15) is 36.3 Å². The minimum Gasteiger partial charge on any atom is -0.343 e. The zero-order valence-corrected chi connectivity index (χ0v) is 22.7. The first kappa shape index (κ1) is 29.6. The largest absolute Gasteiger partial charge is 0.416 e. The van der Waals surface area contributed by atoms with Gasteiger partial charge in [-0.3, -0.25) is 19.4 Å². The number of carbonyl (C=O) groups is 3. The zero-order valence-electron chi connectivity index (χ0n) is 22.0. The number of benzene rings is 2. The molecule has 1 unspecified atom stereocenters. The normalized spacial score (nSPS) is 15.3. The molecule has 0 spiro atoms. The van der Waals surface area contributed by atoms with E-state index in [1.165, 1.54) is 23.0 Å². The second-order valence-electron chi connectivity index (χ2n) is 9.58. The van der Waals surface area contributed by atoms with Gasteiger partial charge in [-0.1, -0.05) is 11.6 Å². The molecule has 3 amide bonds. The number of hydrogen-bond donors (Lipinski definition) is 3. The van der Waals surface area contributed by atoms with Crippen molar-refractivity contribution in [3.63, 3.8) is 0 Å². The first-order chi connectivity index (χ1) is 20.3. The van der Waals surface area contributed by atoms with Gasteiger partial charge in [0.1, 0.15) is 18.2 Å². The molecule has 3 N–H and O–H groups in total. The first-order valence-corrected chi connectivity index (χ1v) is 12.9. The van der Waals surface area contributed by atoms with Crippen LogP contribution in [0.4, 0.5) is 27.8 Å². The number of halogens is 6. The molecule has 5 rings (SSSR count). The van der Waals surface area contributed by atoms with Crippen LogP contribution in [0.3, 0.4) is 0 Å². The highest BCUT2D eigenvalue weighted by molar-refractivity contribution is 6.31. The van der Waals surface area contributed by atoms with Crippen molar-refractivity contribution >= 4 is 35.1 Å². The number of anilines is 1. The molecule has 0 bridgehead atoms. The topological polar surface area (TPSA) is 118 Å². The van der Waals surface area contributed by atoms with E-state index >= 15 is 0 Å². The van der Waals surface area contributed by atoms with E-state index in [4.69, 9.17) is 11.6 Å². The second-order valence-corrected chi connectivity index (χ2v) is 9.99. The number of nitrogens with zero attached hydrogens (tertiary/aromatic N) is 3. The number of amides is 3. The lowest BCUT2D eigenvalue weighted by Gasteiger charge is -2.28. The fourth-order valence-corrected chi connectivity index (χ4v) is 4.85. The highest BCUT2D eigenvalue weighted by atomic mass is 35.5. The summed E-state index contributed by atoms with van der Waals surface area (Å²) in [4.78, 5) is 47.5. The molecular weight excluding hydrogens is 599 g/mol. The Morgan fingerprint density at radius 2 is 1.77 bits per heavy atom. The summed E-state index contributed by atoms with van der Waals surface area (Å²) in [7, 11) is 0. The minimum absolute atomic E-state index is 0.0189. The van der Waals surface area contributed by atoms with Gasteiger partial charge in [0, 0.05) is 28.5 Å². The maximum absolute atomic E-state index is 14.3. The average molecular weight is 619 g/mol. The van der Waals surface area contributed by atoms with E-state index < -0.39 is 65.3 Å². The highest BCUT2D eigenvalue weighted by Crippen LogP contribution is 2.37. The van der Waals surface area contributed by atoms with Crippen LogP contribution in [0.5, 0.6) is 0 Å². The van der Waals surface area contributed by atoms with E-state index in [1.54, 1.807) is 19.1 Å². The number of fused-ring (bicyclic) bond motifs is 1. The van der Waals surface area contributed by atoms with Crippen LogP contribution in [-0.2, 0) is 17.5 Å². The number of rotatable bonds is 6. The quantitative estimate of drug-likeness (QED) is 0.257. The van der Waals surface area contributed by atoms with Gasteiger partial charge in [0.25, 0.3) is 11.8 Å². The van der Waals surface area contributed by atoms with Crippen LogP contribution in [0.15, 0.2) is 60.9 Å². The molecule has 2 atom stereocenters. The van der Waals surface area contributed by atoms with Gasteiger partial charge < -0.3 is 20.5 Å². The molecule has 1 aliphatic heterocycles. The average Bonchev–Trinajstić information content (AvgIpc) is 3.31. The van der Waals surface area contributed by atoms with Gasteiger partial charge in [0.2, 0.25) is 11.7 Å². The van der Waals surface area contributed by atoms with Crippen molar-refractivity contribution < 1.29 is 36.3 Å². The fourth-order valence-electron chi connectivity index (χ4n) is 4.62. The molecule has 3 heterocycles. The second kappa shape index (κ2) is 11.4. The Bertz CT molecular complexity index is 1740. The molecule has 2 aromatic heterocycles. The Hall–Kier alpha value is -4.85. The van der Waals surface area contributed by atoms with Gasteiger partial charge in [-0.2, -0.15) is 13.2 Å². The number of aromatic nitrogens is 3. The van der Waals surface area contributed by atoms with Gasteiger partial charge in [0.05, 0.1) is 23.3 Å². The van der Waals surface area contributed by atoms with Crippen molar-refractivity contribution in [2.75, 3.05) is 5.32 Å². The van der Waals surface area contributed by atoms with Crippen molar-refractivity contribution in [3.8, 4) is 0 Å². The lowest BCUT2D eigenvalue weighted by molar-refractivity contribution is -0.137. The lowest BCUT2D eigenvalue weighted by Crippen LogP contribution is -2.41. The molecule has 0 saturated carbocycles. The summed E-state index contributed by atoms with van der Waals surface area (Å²) in [5, 5.41) is 7.69. The summed E-state index contributed by atoms with van der Waals surface area (Å²) in [6, 6.07) is 6.17. The van der Waals surface area contributed by atoms with Gasteiger partial charge in [-0.15, -0.1) is 0 Å². The van der Waals surface area contributed by atoms with E-state index in [2.05, 4.69) is 25.9 Å². The molecule has 0 aliphatic carbocycles.